The fourth-order valence-electron chi connectivity index (χ4n) is 3.27. The molecule has 1 aliphatic heterocycles. The molecule has 1 fully saturated rings. The highest BCUT2D eigenvalue weighted by molar-refractivity contribution is 6.03. The number of ether oxygens (including phenoxy) is 1. The number of rotatable bonds is 4. The molecule has 0 saturated carbocycles. The second-order valence-electron chi connectivity index (χ2n) is 6.45. The first-order valence-electron chi connectivity index (χ1n) is 8.57. The molecule has 24 heavy (non-hydrogen) atoms. The van der Waals surface area contributed by atoms with Crippen molar-refractivity contribution in [1.29, 1.82) is 0 Å². The summed E-state index contributed by atoms with van der Waals surface area (Å²) in [6.07, 6.45) is 8.63. The molecule has 1 aliphatic carbocycles. The monoisotopic (exact) mass is 325 g/mol. The van der Waals surface area contributed by atoms with Gasteiger partial charge in [-0.05, 0) is 44.6 Å². The fourth-order valence-corrected chi connectivity index (χ4v) is 3.27. The van der Waals surface area contributed by atoms with E-state index in [1.54, 1.807) is 6.92 Å². The van der Waals surface area contributed by atoms with E-state index in [0.717, 1.165) is 24.8 Å². The molecule has 2 amide bonds. The summed E-state index contributed by atoms with van der Waals surface area (Å²) in [5.74, 6) is -0.245. The van der Waals surface area contributed by atoms with Crippen LogP contribution >= 0.6 is 0 Å². The fraction of sp³-hybridized carbons (Fsp3) is 0.400. The molecular formula is C20H23NO3. The Kier molecular flexibility index (Phi) is 5.14. The van der Waals surface area contributed by atoms with Crippen LogP contribution in [0, 0.1) is 0 Å². The molecule has 126 valence electrons. The molecule has 4 heteroatoms. The second-order valence-corrected chi connectivity index (χ2v) is 6.45. The van der Waals surface area contributed by atoms with Gasteiger partial charge < -0.3 is 4.74 Å². The van der Waals surface area contributed by atoms with E-state index in [2.05, 4.69) is 6.08 Å². The third-order valence-electron chi connectivity index (χ3n) is 4.56. The van der Waals surface area contributed by atoms with Crippen molar-refractivity contribution in [1.82, 2.24) is 4.90 Å². The predicted molar refractivity (Wildman–Crippen MR) is 92.4 cm³/mol. The first-order chi connectivity index (χ1) is 11.6. The van der Waals surface area contributed by atoms with Crippen LogP contribution in [0.25, 0.3) is 0 Å². The summed E-state index contributed by atoms with van der Waals surface area (Å²) in [6, 6.07) is 9.63. The maximum Gasteiger partial charge on any atom is 0.417 e. The highest BCUT2D eigenvalue weighted by Crippen LogP contribution is 2.23. The second kappa shape index (κ2) is 7.47. The van der Waals surface area contributed by atoms with Crippen LogP contribution in [0.15, 0.2) is 53.6 Å². The Hall–Kier alpha value is -2.36. The highest BCUT2D eigenvalue weighted by atomic mass is 16.6. The maximum atomic E-state index is 12.8. The molecule has 0 aromatic heterocycles. The molecule has 1 aromatic carbocycles. The van der Waals surface area contributed by atoms with Crippen molar-refractivity contribution in [3.05, 3.63) is 59.2 Å². The standard InChI is InChI=1S/C20H23NO3/c1-15(12-16-8-4-2-5-9-16)19(22)21-18(14-24-20(21)23)13-17-10-6-3-7-11-17/h3,6-8,10-12,18H,2,4-5,9,13-14H2,1H3/b15-12+/t18-/m0/s1. The van der Waals surface area contributed by atoms with Crippen molar-refractivity contribution in [3.63, 3.8) is 0 Å². The number of amides is 2. The van der Waals surface area contributed by atoms with E-state index in [1.165, 1.54) is 16.9 Å². The van der Waals surface area contributed by atoms with Crippen molar-refractivity contribution < 1.29 is 14.3 Å². The molecule has 1 heterocycles. The minimum absolute atomic E-state index is 0.240. The molecule has 0 radical (unpaired) electrons. The normalized spacial score (nSPS) is 21.5. The Morgan fingerprint density at radius 2 is 2.08 bits per heavy atom. The van der Waals surface area contributed by atoms with Crippen molar-refractivity contribution in [2.75, 3.05) is 6.61 Å². The molecule has 3 rings (SSSR count). The molecular weight excluding hydrogens is 302 g/mol. The van der Waals surface area contributed by atoms with Crippen LogP contribution in [0.3, 0.4) is 0 Å². The van der Waals surface area contributed by atoms with Gasteiger partial charge >= 0.3 is 6.09 Å². The van der Waals surface area contributed by atoms with Crippen LogP contribution in [-0.2, 0) is 16.0 Å². The number of hydrogen-bond acceptors (Lipinski definition) is 3. The van der Waals surface area contributed by atoms with Crippen molar-refractivity contribution >= 4 is 12.0 Å². The number of hydrogen-bond donors (Lipinski definition) is 0. The van der Waals surface area contributed by atoms with Crippen LogP contribution in [0.4, 0.5) is 4.79 Å². The molecule has 0 spiro atoms. The number of carbonyl (C=O) groups excluding carboxylic acids is 2. The number of nitrogens with zero attached hydrogens (tertiary/aromatic N) is 1. The number of carbonyl (C=O) groups is 2. The topological polar surface area (TPSA) is 46.6 Å². The number of benzene rings is 1. The van der Waals surface area contributed by atoms with Gasteiger partial charge in [0, 0.05) is 5.57 Å². The van der Waals surface area contributed by atoms with Gasteiger partial charge in [0.15, 0.2) is 0 Å². The molecule has 0 bridgehead atoms. The van der Waals surface area contributed by atoms with E-state index in [1.807, 2.05) is 36.4 Å². The van der Waals surface area contributed by atoms with Gasteiger partial charge in [0.25, 0.3) is 5.91 Å². The Balaban J connectivity index is 1.74. The van der Waals surface area contributed by atoms with Crippen LogP contribution in [0.2, 0.25) is 0 Å². The lowest BCUT2D eigenvalue weighted by molar-refractivity contribution is -0.125. The van der Waals surface area contributed by atoms with Crippen molar-refractivity contribution in [3.8, 4) is 0 Å². The van der Waals surface area contributed by atoms with Gasteiger partial charge in [0.2, 0.25) is 0 Å². The Morgan fingerprint density at radius 1 is 1.29 bits per heavy atom. The molecule has 0 unspecified atom stereocenters. The summed E-state index contributed by atoms with van der Waals surface area (Å²) < 4.78 is 5.14. The molecule has 1 atom stereocenters. The van der Waals surface area contributed by atoms with Crippen LogP contribution < -0.4 is 0 Å². The Bertz CT molecular complexity index is 675. The molecule has 1 aromatic rings. The first kappa shape index (κ1) is 16.5. The summed E-state index contributed by atoms with van der Waals surface area (Å²) in [4.78, 5) is 26.1. The molecule has 1 saturated heterocycles. The van der Waals surface area contributed by atoms with E-state index < -0.39 is 6.09 Å². The van der Waals surface area contributed by atoms with Crippen molar-refractivity contribution in [2.24, 2.45) is 0 Å². The summed E-state index contributed by atoms with van der Waals surface area (Å²) >= 11 is 0. The van der Waals surface area contributed by atoms with Gasteiger partial charge in [0.05, 0.1) is 6.04 Å². The lowest BCUT2D eigenvalue weighted by atomic mass is 9.97. The molecule has 2 aliphatic rings. The van der Waals surface area contributed by atoms with Gasteiger partial charge in [0.1, 0.15) is 6.61 Å². The minimum atomic E-state index is -0.536. The van der Waals surface area contributed by atoms with Crippen LogP contribution in [0.5, 0.6) is 0 Å². The largest absolute Gasteiger partial charge is 0.447 e. The molecule has 0 N–H and O–H groups in total. The van der Waals surface area contributed by atoms with E-state index in [-0.39, 0.29) is 18.6 Å². The third-order valence-corrected chi connectivity index (χ3v) is 4.56. The SMILES string of the molecule is C/C(=C\C1=CCCCC1)C(=O)N1C(=O)OC[C@@H]1Cc1ccccc1. The van der Waals surface area contributed by atoms with Gasteiger partial charge in [-0.15, -0.1) is 0 Å². The predicted octanol–water partition coefficient (Wildman–Crippen LogP) is 4.02. The maximum absolute atomic E-state index is 12.8. The average molecular weight is 325 g/mol. The van der Waals surface area contributed by atoms with Crippen LogP contribution in [-0.4, -0.2) is 29.5 Å². The number of allylic oxidation sites excluding steroid dienone is 3. The Morgan fingerprint density at radius 3 is 2.79 bits per heavy atom. The highest BCUT2D eigenvalue weighted by Gasteiger charge is 2.38. The van der Waals surface area contributed by atoms with Gasteiger partial charge in [-0.1, -0.05) is 48.1 Å². The Labute approximate surface area is 142 Å². The number of cyclic esters (lactones) is 1. The van der Waals surface area contributed by atoms with E-state index in [0.29, 0.717) is 12.0 Å². The van der Waals surface area contributed by atoms with Gasteiger partial charge in [-0.3, -0.25) is 4.79 Å². The average Bonchev–Trinajstić information content (AvgIpc) is 2.96. The summed E-state index contributed by atoms with van der Waals surface area (Å²) in [6.45, 7) is 2.04. The zero-order valence-electron chi connectivity index (χ0n) is 14.0. The summed E-state index contributed by atoms with van der Waals surface area (Å²) in [7, 11) is 0. The number of imide groups is 1. The van der Waals surface area contributed by atoms with Gasteiger partial charge in [-0.2, -0.15) is 0 Å². The summed E-state index contributed by atoms with van der Waals surface area (Å²) in [5.41, 5.74) is 2.88. The quantitative estimate of drug-likeness (QED) is 0.785. The lowest BCUT2D eigenvalue weighted by Gasteiger charge is -2.20. The smallest absolute Gasteiger partial charge is 0.417 e. The lowest BCUT2D eigenvalue weighted by Crippen LogP contribution is -2.40. The molecule has 4 nitrogen and oxygen atoms in total. The van der Waals surface area contributed by atoms with Crippen LogP contribution in [0.1, 0.15) is 38.2 Å². The third kappa shape index (κ3) is 3.75. The minimum Gasteiger partial charge on any atom is -0.447 e. The van der Waals surface area contributed by atoms with Gasteiger partial charge in [-0.25, -0.2) is 9.69 Å². The zero-order valence-corrected chi connectivity index (χ0v) is 14.0. The van der Waals surface area contributed by atoms with Crippen molar-refractivity contribution in [2.45, 2.75) is 45.1 Å². The first-order valence-corrected chi connectivity index (χ1v) is 8.57. The summed E-state index contributed by atoms with van der Waals surface area (Å²) in [5, 5.41) is 0. The zero-order chi connectivity index (χ0) is 16.9. The van der Waals surface area contributed by atoms with E-state index in [9.17, 15) is 9.59 Å². The van der Waals surface area contributed by atoms with E-state index >= 15 is 0 Å². The van der Waals surface area contributed by atoms with E-state index in [4.69, 9.17) is 4.74 Å².